The molecule has 0 aliphatic carbocycles. The fourth-order valence-corrected chi connectivity index (χ4v) is 2.93. The van der Waals surface area contributed by atoms with E-state index in [2.05, 4.69) is 0 Å². The van der Waals surface area contributed by atoms with Crippen LogP contribution in [0, 0.1) is 10.1 Å². The van der Waals surface area contributed by atoms with E-state index < -0.39 is 10.9 Å². The Morgan fingerprint density at radius 2 is 2.05 bits per heavy atom. The normalized spacial score (nSPS) is 10.2. The van der Waals surface area contributed by atoms with Gasteiger partial charge in [-0.1, -0.05) is 23.2 Å². The summed E-state index contributed by atoms with van der Waals surface area (Å²) in [5, 5.41) is 11.0. The van der Waals surface area contributed by atoms with Crippen LogP contribution in [0.3, 0.4) is 0 Å². The van der Waals surface area contributed by atoms with Crippen molar-refractivity contribution >= 4 is 46.2 Å². The number of ether oxygens (including phenoxy) is 2. The van der Waals surface area contributed by atoms with Crippen LogP contribution in [0.25, 0.3) is 0 Å². The maximum absolute atomic E-state index is 12.0. The number of nitro benzene ring substituents is 1. The van der Waals surface area contributed by atoms with Crippen molar-refractivity contribution in [3.63, 3.8) is 0 Å². The van der Waals surface area contributed by atoms with Crippen LogP contribution in [0.1, 0.15) is 10.4 Å². The highest BCUT2D eigenvalue weighted by Gasteiger charge is 2.22. The Hall–Kier alpha value is -1.83. The third-order valence-corrected chi connectivity index (χ3v) is 3.93. The fraction of sp³-hybridized carbons (Fsp3) is 0.0833. The second-order valence-corrected chi connectivity index (χ2v) is 6.00. The summed E-state index contributed by atoms with van der Waals surface area (Å²) in [7, 11) is 1.37. The summed E-state index contributed by atoms with van der Waals surface area (Å²) >= 11 is 12.6. The van der Waals surface area contributed by atoms with Gasteiger partial charge in [0.2, 0.25) is 5.75 Å². The lowest BCUT2D eigenvalue weighted by atomic mass is 10.2. The molecule has 0 unspecified atom stereocenters. The van der Waals surface area contributed by atoms with Crippen molar-refractivity contribution in [2.45, 2.75) is 0 Å². The first kappa shape index (κ1) is 15.6. The maximum atomic E-state index is 12.0. The third kappa shape index (κ3) is 3.44. The average molecular weight is 348 g/mol. The van der Waals surface area contributed by atoms with Crippen LogP contribution in [0.2, 0.25) is 8.67 Å². The molecular formula is C12H7Cl2NO5S. The minimum absolute atomic E-state index is 0.0526. The van der Waals surface area contributed by atoms with Gasteiger partial charge in [-0.3, -0.25) is 10.1 Å². The molecule has 0 saturated carbocycles. The number of nitrogens with zero attached hydrogens (tertiary/aromatic N) is 1. The summed E-state index contributed by atoms with van der Waals surface area (Å²) in [4.78, 5) is 22.3. The van der Waals surface area contributed by atoms with Gasteiger partial charge in [0.1, 0.15) is 10.1 Å². The predicted octanol–water partition coefficient (Wildman–Crippen LogP) is 4.19. The number of carbonyl (C=O) groups excluding carboxylic acids is 1. The first-order valence-electron chi connectivity index (χ1n) is 5.42. The van der Waals surface area contributed by atoms with E-state index in [4.69, 9.17) is 32.7 Å². The van der Waals surface area contributed by atoms with Crippen LogP contribution >= 0.6 is 34.5 Å². The average Bonchev–Trinajstić information content (AvgIpc) is 2.78. The molecule has 0 saturated heterocycles. The monoisotopic (exact) mass is 347 g/mol. The molecule has 1 heterocycles. The minimum Gasteiger partial charge on any atom is -0.496 e. The number of hydrogen-bond acceptors (Lipinski definition) is 6. The number of benzene rings is 1. The van der Waals surface area contributed by atoms with E-state index in [-0.39, 0.29) is 27.1 Å². The van der Waals surface area contributed by atoms with Gasteiger partial charge in [-0.05, 0) is 18.2 Å². The standard InChI is InChI=1S/C12H7Cl2NO5S/c1-19-6-2-3-9(8(4-6)15(17)18)20-12(16)7-5-10(13)21-11(7)14/h2-5H,1H3. The number of thiophene rings is 1. The number of methoxy groups -OCH3 is 1. The van der Waals surface area contributed by atoms with Gasteiger partial charge in [0, 0.05) is 0 Å². The molecule has 2 aromatic rings. The second kappa shape index (κ2) is 6.30. The Balaban J connectivity index is 2.33. The molecular weight excluding hydrogens is 341 g/mol. The van der Waals surface area contributed by atoms with E-state index in [0.717, 1.165) is 17.4 Å². The number of rotatable bonds is 4. The third-order valence-electron chi connectivity index (χ3n) is 2.44. The van der Waals surface area contributed by atoms with E-state index in [1.165, 1.54) is 25.3 Å². The van der Waals surface area contributed by atoms with Gasteiger partial charge in [-0.25, -0.2) is 4.79 Å². The largest absolute Gasteiger partial charge is 0.496 e. The lowest BCUT2D eigenvalue weighted by Gasteiger charge is -2.06. The zero-order chi connectivity index (χ0) is 15.6. The fourth-order valence-electron chi connectivity index (χ4n) is 1.49. The topological polar surface area (TPSA) is 78.7 Å². The van der Waals surface area contributed by atoms with Crippen LogP contribution in [0.15, 0.2) is 24.3 Å². The van der Waals surface area contributed by atoms with Crippen molar-refractivity contribution in [3.05, 3.63) is 48.6 Å². The molecule has 6 nitrogen and oxygen atoms in total. The van der Waals surface area contributed by atoms with Crippen molar-refractivity contribution in [3.8, 4) is 11.5 Å². The lowest BCUT2D eigenvalue weighted by Crippen LogP contribution is -2.09. The van der Waals surface area contributed by atoms with Crippen LogP contribution in [-0.2, 0) is 0 Å². The quantitative estimate of drug-likeness (QED) is 0.358. The summed E-state index contributed by atoms with van der Waals surface area (Å²) in [5.74, 6) is -0.751. The van der Waals surface area contributed by atoms with E-state index in [1.54, 1.807) is 0 Å². The van der Waals surface area contributed by atoms with E-state index >= 15 is 0 Å². The summed E-state index contributed by atoms with van der Waals surface area (Å²) in [5.41, 5.74) is -0.336. The molecule has 9 heteroatoms. The first-order chi connectivity index (χ1) is 9.92. The second-order valence-electron chi connectivity index (χ2n) is 3.72. The molecule has 0 aliphatic rings. The summed E-state index contributed by atoms with van der Waals surface area (Å²) in [6.07, 6.45) is 0. The molecule has 0 spiro atoms. The molecule has 1 aromatic carbocycles. The Bertz CT molecular complexity index is 716. The van der Waals surface area contributed by atoms with Gasteiger partial charge in [0.25, 0.3) is 0 Å². The summed E-state index contributed by atoms with van der Waals surface area (Å²) in [6.45, 7) is 0. The van der Waals surface area contributed by atoms with Crippen molar-refractivity contribution in [1.82, 2.24) is 0 Å². The number of esters is 1. The van der Waals surface area contributed by atoms with E-state index in [1.807, 2.05) is 0 Å². The molecule has 110 valence electrons. The van der Waals surface area contributed by atoms with E-state index in [9.17, 15) is 14.9 Å². The number of halogens is 2. The highest BCUT2D eigenvalue weighted by Crippen LogP contribution is 2.34. The highest BCUT2D eigenvalue weighted by molar-refractivity contribution is 7.20. The van der Waals surface area contributed by atoms with Crippen LogP contribution in [0.5, 0.6) is 11.5 Å². The molecule has 0 radical (unpaired) electrons. The highest BCUT2D eigenvalue weighted by atomic mass is 35.5. The zero-order valence-corrected chi connectivity index (χ0v) is 12.8. The van der Waals surface area contributed by atoms with Crippen LogP contribution in [-0.4, -0.2) is 18.0 Å². The molecule has 0 fully saturated rings. The van der Waals surface area contributed by atoms with E-state index in [0.29, 0.717) is 4.34 Å². The Labute approximate surface area is 133 Å². The van der Waals surface area contributed by atoms with Gasteiger partial charge >= 0.3 is 11.7 Å². The molecule has 0 amide bonds. The molecule has 2 rings (SSSR count). The van der Waals surface area contributed by atoms with Crippen LogP contribution in [0.4, 0.5) is 5.69 Å². The smallest absolute Gasteiger partial charge is 0.346 e. The summed E-state index contributed by atoms with van der Waals surface area (Å²) < 4.78 is 10.4. The molecule has 0 N–H and O–H groups in total. The maximum Gasteiger partial charge on any atom is 0.346 e. The molecule has 0 atom stereocenters. The van der Waals surface area contributed by atoms with Crippen molar-refractivity contribution in [2.75, 3.05) is 7.11 Å². The number of carbonyl (C=O) groups is 1. The molecule has 0 bridgehead atoms. The Morgan fingerprint density at radius 1 is 1.33 bits per heavy atom. The number of hydrogen-bond donors (Lipinski definition) is 0. The Kier molecular flexibility index (Phi) is 4.66. The summed E-state index contributed by atoms with van der Waals surface area (Å²) in [6, 6.07) is 5.21. The van der Waals surface area contributed by atoms with Crippen molar-refractivity contribution < 1.29 is 19.2 Å². The molecule has 1 aromatic heterocycles. The van der Waals surface area contributed by atoms with Crippen molar-refractivity contribution in [1.29, 1.82) is 0 Å². The molecule has 21 heavy (non-hydrogen) atoms. The van der Waals surface area contributed by atoms with Gasteiger partial charge in [0.15, 0.2) is 0 Å². The van der Waals surface area contributed by atoms with Gasteiger partial charge in [-0.2, -0.15) is 0 Å². The van der Waals surface area contributed by atoms with Gasteiger partial charge < -0.3 is 9.47 Å². The van der Waals surface area contributed by atoms with Crippen LogP contribution < -0.4 is 9.47 Å². The van der Waals surface area contributed by atoms with Gasteiger partial charge in [-0.15, -0.1) is 11.3 Å². The zero-order valence-electron chi connectivity index (χ0n) is 10.5. The first-order valence-corrected chi connectivity index (χ1v) is 6.99. The Morgan fingerprint density at radius 3 is 2.57 bits per heavy atom. The van der Waals surface area contributed by atoms with Gasteiger partial charge in [0.05, 0.1) is 28.0 Å². The number of nitro groups is 1. The SMILES string of the molecule is COc1ccc(OC(=O)c2cc(Cl)sc2Cl)c([N+](=O)[O-])c1. The van der Waals surface area contributed by atoms with Crippen molar-refractivity contribution in [2.24, 2.45) is 0 Å². The lowest BCUT2D eigenvalue weighted by molar-refractivity contribution is -0.385. The predicted molar refractivity (Wildman–Crippen MR) is 78.9 cm³/mol. The minimum atomic E-state index is -0.823. The molecule has 0 aliphatic heterocycles.